The number of thioether (sulfide) groups is 1. The summed E-state index contributed by atoms with van der Waals surface area (Å²) in [6.07, 6.45) is 0.392. The molecule has 0 aliphatic rings. The Labute approximate surface area is 222 Å². The minimum atomic E-state index is -0.698. The van der Waals surface area contributed by atoms with Crippen LogP contribution in [0.3, 0.4) is 0 Å². The van der Waals surface area contributed by atoms with Gasteiger partial charge in [0.15, 0.2) is 0 Å². The van der Waals surface area contributed by atoms with Gasteiger partial charge in [-0.2, -0.15) is 0 Å². The maximum atomic E-state index is 13.6. The Hall–Kier alpha value is -2.47. The zero-order valence-electron chi connectivity index (χ0n) is 20.0. The van der Waals surface area contributed by atoms with Crippen molar-refractivity contribution in [3.05, 3.63) is 105 Å². The highest BCUT2D eigenvalue weighted by atomic mass is 35.5. The summed E-state index contributed by atoms with van der Waals surface area (Å²) in [6, 6.07) is 22.4. The van der Waals surface area contributed by atoms with Gasteiger partial charge < -0.3 is 10.2 Å². The summed E-state index contributed by atoms with van der Waals surface area (Å²) < 4.78 is 0. The van der Waals surface area contributed by atoms with Crippen LogP contribution < -0.4 is 5.32 Å². The monoisotopic (exact) mass is 528 g/mol. The summed E-state index contributed by atoms with van der Waals surface area (Å²) in [5.41, 5.74) is 3.99. The van der Waals surface area contributed by atoms with E-state index in [9.17, 15) is 9.59 Å². The molecule has 0 heterocycles. The van der Waals surface area contributed by atoms with Crippen LogP contribution in [0, 0.1) is 6.92 Å². The van der Waals surface area contributed by atoms with Gasteiger partial charge in [0.25, 0.3) is 0 Å². The van der Waals surface area contributed by atoms with E-state index in [1.807, 2.05) is 49.4 Å². The second kappa shape index (κ2) is 13.6. The van der Waals surface area contributed by atoms with Crippen LogP contribution >= 0.6 is 35.0 Å². The van der Waals surface area contributed by atoms with Crippen molar-refractivity contribution in [2.75, 3.05) is 12.3 Å². The average molecular weight is 530 g/mol. The van der Waals surface area contributed by atoms with Crippen molar-refractivity contribution in [2.45, 2.75) is 38.6 Å². The molecular formula is C28H30Cl2N2O2S. The summed E-state index contributed by atoms with van der Waals surface area (Å²) in [4.78, 5) is 28.5. The molecule has 35 heavy (non-hydrogen) atoms. The molecule has 3 aromatic rings. The number of hydrogen-bond acceptors (Lipinski definition) is 3. The molecule has 7 heteroatoms. The summed E-state index contributed by atoms with van der Waals surface area (Å²) in [5, 5.41) is 3.84. The Morgan fingerprint density at radius 1 is 0.943 bits per heavy atom. The Bertz CT molecular complexity index is 1120. The number of halogens is 2. The summed E-state index contributed by atoms with van der Waals surface area (Å²) in [7, 11) is 0. The first-order chi connectivity index (χ1) is 16.9. The van der Waals surface area contributed by atoms with E-state index < -0.39 is 6.04 Å². The Morgan fingerprint density at radius 3 is 2.26 bits per heavy atom. The van der Waals surface area contributed by atoms with Crippen LogP contribution in [0.4, 0.5) is 0 Å². The van der Waals surface area contributed by atoms with Crippen molar-refractivity contribution >= 4 is 46.8 Å². The lowest BCUT2D eigenvalue weighted by atomic mass is 10.0. The predicted molar refractivity (Wildman–Crippen MR) is 147 cm³/mol. The van der Waals surface area contributed by atoms with Gasteiger partial charge in [-0.25, -0.2) is 0 Å². The third-order valence-electron chi connectivity index (χ3n) is 5.76. The van der Waals surface area contributed by atoms with Gasteiger partial charge in [-0.3, -0.25) is 9.59 Å². The molecule has 1 unspecified atom stereocenters. The quantitative estimate of drug-likeness (QED) is 0.317. The van der Waals surface area contributed by atoms with Gasteiger partial charge in [-0.15, -0.1) is 11.8 Å². The number of rotatable bonds is 11. The first-order valence-electron chi connectivity index (χ1n) is 11.6. The minimum absolute atomic E-state index is 0.133. The number of amides is 2. The molecule has 0 aromatic heterocycles. The van der Waals surface area contributed by atoms with Crippen LogP contribution in [0.5, 0.6) is 0 Å². The van der Waals surface area contributed by atoms with E-state index in [4.69, 9.17) is 23.2 Å². The molecule has 1 N–H and O–H groups in total. The molecule has 0 spiro atoms. The van der Waals surface area contributed by atoms with Crippen molar-refractivity contribution in [3.63, 3.8) is 0 Å². The zero-order valence-corrected chi connectivity index (χ0v) is 22.3. The first kappa shape index (κ1) is 27.1. The maximum Gasteiger partial charge on any atom is 0.243 e. The zero-order chi connectivity index (χ0) is 25.2. The van der Waals surface area contributed by atoms with Crippen molar-refractivity contribution in [2.24, 2.45) is 0 Å². The van der Waals surface area contributed by atoms with Gasteiger partial charge in [-0.05, 0) is 42.7 Å². The number of carbonyl (C=O) groups excluding carboxylic acids is 2. The van der Waals surface area contributed by atoms with E-state index >= 15 is 0 Å². The van der Waals surface area contributed by atoms with Crippen LogP contribution in [-0.2, 0) is 28.3 Å². The van der Waals surface area contributed by atoms with Crippen LogP contribution in [0.2, 0.25) is 10.0 Å². The third-order valence-corrected chi connectivity index (χ3v) is 7.43. The van der Waals surface area contributed by atoms with Crippen molar-refractivity contribution < 1.29 is 9.59 Å². The molecule has 3 rings (SSSR count). The molecule has 0 radical (unpaired) electrons. The van der Waals surface area contributed by atoms with Crippen LogP contribution in [0.15, 0.2) is 72.8 Å². The maximum absolute atomic E-state index is 13.6. The molecule has 0 fully saturated rings. The van der Waals surface area contributed by atoms with Gasteiger partial charge >= 0.3 is 0 Å². The molecule has 0 aliphatic heterocycles. The molecule has 0 saturated heterocycles. The molecule has 2 amide bonds. The second-order valence-corrected chi connectivity index (χ2v) is 10.0. The standard InChI is InChI=1S/C28H30Cl2N2O2S/c1-3-31-28(34)26(16-21-11-5-4-6-12-21)32(17-23-24(29)14-9-15-25(23)30)27(33)19-35-18-22-13-8-7-10-20(22)2/h4-15,26H,3,16-19H2,1-2H3,(H,31,34). The normalized spacial score (nSPS) is 11.7. The largest absolute Gasteiger partial charge is 0.355 e. The van der Waals surface area contributed by atoms with Crippen LogP contribution in [0.1, 0.15) is 29.2 Å². The number of nitrogens with zero attached hydrogens (tertiary/aromatic N) is 1. The van der Waals surface area contributed by atoms with Gasteiger partial charge in [0.2, 0.25) is 11.8 Å². The van der Waals surface area contributed by atoms with E-state index in [-0.39, 0.29) is 24.1 Å². The SMILES string of the molecule is CCNC(=O)C(Cc1ccccc1)N(Cc1c(Cl)cccc1Cl)C(=O)CSCc1ccccc1C. The molecule has 184 valence electrons. The second-order valence-electron chi connectivity index (χ2n) is 8.24. The number of benzene rings is 3. The van der Waals surface area contributed by atoms with E-state index in [1.54, 1.807) is 23.1 Å². The number of hydrogen-bond donors (Lipinski definition) is 1. The van der Waals surface area contributed by atoms with E-state index in [0.717, 1.165) is 5.56 Å². The predicted octanol–water partition coefficient (Wildman–Crippen LogP) is 6.31. The van der Waals surface area contributed by atoms with Gasteiger partial charge in [-0.1, -0.05) is 83.9 Å². The fourth-order valence-corrected chi connectivity index (χ4v) is 5.31. The lowest BCUT2D eigenvalue weighted by Gasteiger charge is -2.32. The molecule has 4 nitrogen and oxygen atoms in total. The highest BCUT2D eigenvalue weighted by Gasteiger charge is 2.31. The smallest absolute Gasteiger partial charge is 0.243 e. The van der Waals surface area contributed by atoms with Gasteiger partial charge in [0, 0.05) is 40.9 Å². The van der Waals surface area contributed by atoms with Crippen molar-refractivity contribution in [3.8, 4) is 0 Å². The highest BCUT2D eigenvalue weighted by molar-refractivity contribution is 7.99. The summed E-state index contributed by atoms with van der Waals surface area (Å²) in [5.74, 6) is 0.619. The molecule has 1 atom stereocenters. The minimum Gasteiger partial charge on any atom is -0.355 e. The highest BCUT2D eigenvalue weighted by Crippen LogP contribution is 2.28. The van der Waals surface area contributed by atoms with E-state index in [2.05, 4.69) is 24.4 Å². The third kappa shape index (κ3) is 7.76. The fourth-order valence-electron chi connectivity index (χ4n) is 3.80. The first-order valence-corrected chi connectivity index (χ1v) is 13.5. The Balaban J connectivity index is 1.88. The topological polar surface area (TPSA) is 49.4 Å². The van der Waals surface area contributed by atoms with Gasteiger partial charge in [0.05, 0.1) is 5.75 Å². The molecule has 0 aliphatic carbocycles. The average Bonchev–Trinajstić information content (AvgIpc) is 2.85. The summed E-state index contributed by atoms with van der Waals surface area (Å²) >= 11 is 14.5. The Kier molecular flexibility index (Phi) is 10.5. The fraction of sp³-hybridized carbons (Fsp3) is 0.286. The molecule has 0 saturated carbocycles. The lowest BCUT2D eigenvalue weighted by molar-refractivity contribution is -0.139. The number of likely N-dealkylation sites (N-methyl/N-ethyl adjacent to an activating group) is 1. The molecule has 0 bridgehead atoms. The number of nitrogens with one attached hydrogen (secondary N) is 1. The van der Waals surface area contributed by atoms with Crippen molar-refractivity contribution in [1.29, 1.82) is 0 Å². The lowest BCUT2D eigenvalue weighted by Crippen LogP contribution is -2.51. The van der Waals surface area contributed by atoms with Crippen LogP contribution in [-0.4, -0.2) is 35.1 Å². The van der Waals surface area contributed by atoms with E-state index in [1.165, 1.54) is 22.9 Å². The number of carbonyl (C=O) groups is 2. The summed E-state index contributed by atoms with van der Waals surface area (Å²) in [6.45, 7) is 4.55. The Morgan fingerprint density at radius 2 is 1.60 bits per heavy atom. The van der Waals surface area contributed by atoms with Crippen molar-refractivity contribution in [1.82, 2.24) is 10.2 Å². The molecular weight excluding hydrogens is 499 g/mol. The van der Waals surface area contributed by atoms with Crippen LogP contribution in [0.25, 0.3) is 0 Å². The number of aryl methyl sites for hydroxylation is 1. The van der Waals surface area contributed by atoms with Gasteiger partial charge in [0.1, 0.15) is 6.04 Å². The van der Waals surface area contributed by atoms with E-state index in [0.29, 0.717) is 34.3 Å². The molecule has 3 aromatic carbocycles.